The van der Waals surface area contributed by atoms with Crippen molar-refractivity contribution in [3.05, 3.63) is 34.7 Å². The summed E-state index contributed by atoms with van der Waals surface area (Å²) in [6.45, 7) is 0. The number of ketones is 2. The number of carbonyl (C=O) groups excluding carboxylic acids is 3. The Morgan fingerprint density at radius 3 is 2.73 bits per heavy atom. The van der Waals surface area contributed by atoms with E-state index in [2.05, 4.69) is 16.4 Å². The summed E-state index contributed by atoms with van der Waals surface area (Å²) in [7, 11) is 0. The minimum absolute atomic E-state index is 0.0340. The van der Waals surface area contributed by atoms with E-state index < -0.39 is 17.8 Å². The van der Waals surface area contributed by atoms with Crippen molar-refractivity contribution in [2.75, 3.05) is 0 Å². The fourth-order valence-electron chi connectivity index (χ4n) is 4.68. The van der Waals surface area contributed by atoms with Crippen LogP contribution in [0.4, 0.5) is 4.39 Å². The Morgan fingerprint density at radius 2 is 2.03 bits per heavy atom. The van der Waals surface area contributed by atoms with Gasteiger partial charge in [0.1, 0.15) is 11.8 Å². The van der Waals surface area contributed by atoms with Gasteiger partial charge in [-0.3, -0.25) is 14.4 Å². The molecule has 1 aromatic heterocycles. The molecule has 4 rings (SSSR count). The summed E-state index contributed by atoms with van der Waals surface area (Å²) in [5.74, 6) is -1.47. The van der Waals surface area contributed by atoms with Crippen LogP contribution in [0.1, 0.15) is 68.3 Å². The van der Waals surface area contributed by atoms with Crippen LogP contribution in [-0.4, -0.2) is 28.5 Å². The first kappa shape index (κ1) is 23.4. The largest absolute Gasteiger partial charge is 0.350 e. The number of nitrogens with one attached hydrogen (secondary N) is 2. The fraction of sp³-hybridized carbons (Fsp3) is 0.520. The SMILES string of the molecule is N#CC(CC1CCCCC1=O)NC(=O)C(CC(=O)c1cc2ccc(Cl)c(F)c2[nH]1)CC1CC1. The van der Waals surface area contributed by atoms with E-state index in [1.54, 1.807) is 12.1 Å². The van der Waals surface area contributed by atoms with E-state index in [1.807, 2.05) is 0 Å². The van der Waals surface area contributed by atoms with E-state index in [1.165, 1.54) is 6.07 Å². The molecule has 0 aliphatic heterocycles. The van der Waals surface area contributed by atoms with Gasteiger partial charge in [-0.2, -0.15) is 5.26 Å². The predicted octanol–water partition coefficient (Wildman–Crippen LogP) is 5.11. The van der Waals surface area contributed by atoms with Crippen molar-refractivity contribution in [3.63, 3.8) is 0 Å². The number of carbonyl (C=O) groups is 3. The molecule has 174 valence electrons. The van der Waals surface area contributed by atoms with Gasteiger partial charge in [0.15, 0.2) is 11.6 Å². The lowest BCUT2D eigenvalue weighted by Crippen LogP contribution is -2.41. The zero-order valence-electron chi connectivity index (χ0n) is 18.3. The first-order valence-electron chi connectivity index (χ1n) is 11.6. The Hall–Kier alpha value is -2.72. The van der Waals surface area contributed by atoms with Gasteiger partial charge in [-0.15, -0.1) is 0 Å². The summed E-state index contributed by atoms with van der Waals surface area (Å²) in [5, 5.41) is 12.8. The van der Waals surface area contributed by atoms with E-state index in [4.69, 9.17) is 11.6 Å². The number of amides is 1. The summed E-state index contributed by atoms with van der Waals surface area (Å²) in [6, 6.07) is 5.98. The third kappa shape index (κ3) is 5.62. The van der Waals surface area contributed by atoms with E-state index in [-0.39, 0.29) is 46.0 Å². The van der Waals surface area contributed by atoms with Crippen LogP contribution in [-0.2, 0) is 9.59 Å². The van der Waals surface area contributed by atoms with Gasteiger partial charge in [0.05, 0.1) is 22.3 Å². The number of hydrogen-bond donors (Lipinski definition) is 2. The second-order valence-electron chi connectivity index (χ2n) is 9.35. The van der Waals surface area contributed by atoms with Gasteiger partial charge in [-0.25, -0.2) is 4.39 Å². The van der Waals surface area contributed by atoms with E-state index in [9.17, 15) is 24.0 Å². The van der Waals surface area contributed by atoms with Gasteiger partial charge < -0.3 is 10.3 Å². The molecule has 2 N–H and O–H groups in total. The molecule has 0 spiro atoms. The molecule has 1 aromatic carbocycles. The minimum Gasteiger partial charge on any atom is -0.350 e. The second-order valence-corrected chi connectivity index (χ2v) is 9.75. The molecule has 0 bridgehead atoms. The molecule has 2 saturated carbocycles. The lowest BCUT2D eigenvalue weighted by atomic mass is 9.83. The van der Waals surface area contributed by atoms with Crippen LogP contribution < -0.4 is 5.32 Å². The standard InChI is InChI=1S/C25H27ClFN3O3/c26-19-8-7-16-11-20(30-24(16)23(19)27)22(32)12-17(9-14-5-6-14)25(33)29-18(13-28)10-15-3-1-2-4-21(15)31/h7-8,11,14-15,17-18,30H,1-6,9-10,12H2,(H,29,33). The molecular formula is C25H27ClFN3O3. The highest BCUT2D eigenvalue weighted by molar-refractivity contribution is 6.31. The number of H-pyrrole nitrogens is 1. The van der Waals surface area contributed by atoms with Gasteiger partial charge in [-0.1, -0.05) is 36.9 Å². The van der Waals surface area contributed by atoms with Gasteiger partial charge in [0, 0.05) is 30.1 Å². The van der Waals surface area contributed by atoms with Crippen LogP contribution >= 0.6 is 11.6 Å². The van der Waals surface area contributed by atoms with Crippen molar-refractivity contribution in [2.45, 2.75) is 63.8 Å². The lowest BCUT2D eigenvalue weighted by Gasteiger charge is -2.24. The minimum atomic E-state index is -0.759. The molecule has 2 aliphatic rings. The van der Waals surface area contributed by atoms with E-state index in [0.29, 0.717) is 30.6 Å². The van der Waals surface area contributed by atoms with Crippen molar-refractivity contribution in [3.8, 4) is 6.07 Å². The lowest BCUT2D eigenvalue weighted by molar-refractivity contribution is -0.127. The van der Waals surface area contributed by atoms with Crippen LogP contribution in [0.2, 0.25) is 5.02 Å². The summed E-state index contributed by atoms with van der Waals surface area (Å²) in [5.41, 5.74) is 0.389. The maximum atomic E-state index is 14.3. The molecule has 3 unspecified atom stereocenters. The smallest absolute Gasteiger partial charge is 0.224 e. The number of halogens is 2. The molecule has 1 amide bonds. The van der Waals surface area contributed by atoms with Crippen molar-refractivity contribution in [1.82, 2.24) is 10.3 Å². The highest BCUT2D eigenvalue weighted by Crippen LogP contribution is 2.37. The highest BCUT2D eigenvalue weighted by atomic mass is 35.5. The number of rotatable bonds is 9. The number of aromatic amines is 1. The number of benzene rings is 1. The van der Waals surface area contributed by atoms with Crippen LogP contribution in [0, 0.1) is 34.9 Å². The van der Waals surface area contributed by atoms with Crippen molar-refractivity contribution in [2.24, 2.45) is 17.8 Å². The summed E-state index contributed by atoms with van der Waals surface area (Å²) in [6.07, 6.45) is 6.01. The van der Waals surface area contributed by atoms with Gasteiger partial charge in [0.2, 0.25) is 5.91 Å². The van der Waals surface area contributed by atoms with Crippen LogP contribution in [0.3, 0.4) is 0 Å². The number of Topliss-reactive ketones (excluding diaryl/α,β-unsaturated/α-hetero) is 2. The third-order valence-electron chi connectivity index (χ3n) is 6.78. The molecule has 33 heavy (non-hydrogen) atoms. The molecule has 2 aliphatic carbocycles. The normalized spacial score (nSPS) is 20.3. The molecule has 2 fully saturated rings. The summed E-state index contributed by atoms with van der Waals surface area (Å²) in [4.78, 5) is 40.9. The first-order valence-corrected chi connectivity index (χ1v) is 12.0. The zero-order valence-corrected chi connectivity index (χ0v) is 19.1. The van der Waals surface area contributed by atoms with Crippen LogP contribution in [0.15, 0.2) is 18.2 Å². The Morgan fingerprint density at radius 1 is 1.24 bits per heavy atom. The third-order valence-corrected chi connectivity index (χ3v) is 7.07. The van der Waals surface area contributed by atoms with Crippen LogP contribution in [0.25, 0.3) is 10.9 Å². The van der Waals surface area contributed by atoms with Crippen LogP contribution in [0.5, 0.6) is 0 Å². The Balaban J connectivity index is 1.44. The molecule has 2 aromatic rings. The first-order chi connectivity index (χ1) is 15.9. The number of nitriles is 1. The van der Waals surface area contributed by atoms with E-state index in [0.717, 1.165) is 32.1 Å². The molecule has 0 saturated heterocycles. The average molecular weight is 472 g/mol. The molecule has 6 nitrogen and oxygen atoms in total. The molecule has 0 radical (unpaired) electrons. The highest BCUT2D eigenvalue weighted by Gasteiger charge is 2.33. The molecule has 8 heteroatoms. The Kier molecular flexibility index (Phi) is 7.14. The number of fused-ring (bicyclic) bond motifs is 1. The van der Waals surface area contributed by atoms with Crippen molar-refractivity contribution >= 4 is 40.0 Å². The topological polar surface area (TPSA) is 103 Å². The van der Waals surface area contributed by atoms with Crippen molar-refractivity contribution < 1.29 is 18.8 Å². The number of hydrogen-bond acceptors (Lipinski definition) is 4. The number of aromatic nitrogens is 1. The maximum absolute atomic E-state index is 14.3. The number of nitrogens with zero attached hydrogens (tertiary/aromatic N) is 1. The molecular weight excluding hydrogens is 445 g/mol. The molecule has 1 heterocycles. The van der Waals surface area contributed by atoms with E-state index >= 15 is 0 Å². The zero-order chi connectivity index (χ0) is 23.5. The fourth-order valence-corrected chi connectivity index (χ4v) is 4.84. The van der Waals surface area contributed by atoms with Crippen molar-refractivity contribution in [1.29, 1.82) is 5.26 Å². The second kappa shape index (κ2) is 10.0. The maximum Gasteiger partial charge on any atom is 0.224 e. The Bertz CT molecular complexity index is 1120. The quantitative estimate of drug-likeness (QED) is 0.496. The Labute approximate surface area is 196 Å². The van der Waals surface area contributed by atoms with Gasteiger partial charge >= 0.3 is 0 Å². The van der Waals surface area contributed by atoms with Gasteiger partial charge in [0.25, 0.3) is 0 Å². The summed E-state index contributed by atoms with van der Waals surface area (Å²) >= 11 is 5.83. The predicted molar refractivity (Wildman–Crippen MR) is 122 cm³/mol. The average Bonchev–Trinajstić information content (AvgIpc) is 3.51. The van der Waals surface area contributed by atoms with Gasteiger partial charge in [-0.05, 0) is 43.7 Å². The molecule has 3 atom stereocenters. The summed E-state index contributed by atoms with van der Waals surface area (Å²) < 4.78 is 14.3. The monoisotopic (exact) mass is 471 g/mol.